The molecule has 0 radical (unpaired) electrons. The number of amides is 3. The minimum Gasteiger partial charge on any atom is -0.482 e. The second kappa shape index (κ2) is 9.01. The number of hydrogen-bond donors (Lipinski definition) is 3. The lowest BCUT2D eigenvalue weighted by Crippen LogP contribution is -2.53. The van der Waals surface area contributed by atoms with Crippen LogP contribution in [0.3, 0.4) is 0 Å². The van der Waals surface area contributed by atoms with Gasteiger partial charge in [0.15, 0.2) is 6.61 Å². The molecule has 0 aliphatic carbocycles. The topological polar surface area (TPSA) is 99.8 Å². The number of nitrogens with zero attached hydrogens (tertiary/aromatic N) is 1. The summed E-state index contributed by atoms with van der Waals surface area (Å²) in [5.41, 5.74) is 6.47. The van der Waals surface area contributed by atoms with Gasteiger partial charge < -0.3 is 10.1 Å². The highest BCUT2D eigenvalue weighted by molar-refractivity contribution is 6.02. The van der Waals surface area contributed by atoms with E-state index in [9.17, 15) is 14.4 Å². The summed E-state index contributed by atoms with van der Waals surface area (Å²) >= 11 is 0. The van der Waals surface area contributed by atoms with Crippen LogP contribution in [0.5, 0.6) is 5.75 Å². The van der Waals surface area contributed by atoms with E-state index >= 15 is 0 Å². The summed E-state index contributed by atoms with van der Waals surface area (Å²) in [6, 6.07) is 15.5. The number of carbonyl (C=O) groups is 3. The van der Waals surface area contributed by atoms with Crippen molar-refractivity contribution in [2.24, 2.45) is 0 Å². The number of benzene rings is 2. The molecule has 1 aliphatic heterocycles. The second-order valence-electron chi connectivity index (χ2n) is 6.24. The van der Waals surface area contributed by atoms with Crippen molar-refractivity contribution < 1.29 is 19.1 Å². The quantitative estimate of drug-likeness (QED) is 0.630. The van der Waals surface area contributed by atoms with E-state index in [1.165, 1.54) is 4.90 Å². The maximum Gasteiger partial charge on any atom is 0.265 e. The summed E-state index contributed by atoms with van der Waals surface area (Å²) in [6.07, 6.45) is 0.471. The van der Waals surface area contributed by atoms with E-state index < -0.39 is 11.9 Å². The summed E-state index contributed by atoms with van der Waals surface area (Å²) in [7, 11) is 0. The molecule has 2 aromatic carbocycles. The predicted octanol–water partition coefficient (Wildman–Crippen LogP) is 1.45. The summed E-state index contributed by atoms with van der Waals surface area (Å²) < 4.78 is 5.36. The first kappa shape index (κ1) is 19.4. The summed E-state index contributed by atoms with van der Waals surface area (Å²) in [5.74, 6) is -0.447. The van der Waals surface area contributed by atoms with Gasteiger partial charge in [0.25, 0.3) is 11.8 Å². The molecule has 1 heterocycles. The first-order valence-electron chi connectivity index (χ1n) is 9.01. The molecule has 8 heteroatoms. The summed E-state index contributed by atoms with van der Waals surface area (Å²) in [4.78, 5) is 38.2. The number of hydrazine groups is 1. The zero-order valence-corrected chi connectivity index (χ0v) is 15.5. The molecule has 0 unspecified atom stereocenters. The van der Waals surface area contributed by atoms with Crippen molar-refractivity contribution in [3.8, 4) is 5.75 Å². The van der Waals surface area contributed by atoms with Gasteiger partial charge in [0, 0.05) is 5.69 Å². The largest absolute Gasteiger partial charge is 0.482 e. The molecule has 3 rings (SSSR count). The lowest BCUT2D eigenvalue weighted by Gasteiger charge is -2.29. The number of anilines is 2. The van der Waals surface area contributed by atoms with Crippen LogP contribution in [0.2, 0.25) is 0 Å². The number of nitrogens with one attached hydrogen (secondary N) is 3. The predicted molar refractivity (Wildman–Crippen MR) is 105 cm³/mol. The molecule has 8 nitrogen and oxygen atoms in total. The average molecular weight is 382 g/mol. The van der Waals surface area contributed by atoms with Crippen LogP contribution in [-0.4, -0.2) is 36.9 Å². The first-order valence-corrected chi connectivity index (χ1v) is 9.01. The van der Waals surface area contributed by atoms with Crippen LogP contribution >= 0.6 is 0 Å². The minimum absolute atomic E-state index is 0.116. The molecule has 0 saturated carbocycles. The number of rotatable bonds is 7. The Labute approximate surface area is 162 Å². The number of fused-ring (bicyclic) bond motifs is 1. The molecule has 28 heavy (non-hydrogen) atoms. The number of para-hydroxylation sites is 3. The van der Waals surface area contributed by atoms with Crippen LogP contribution in [0.1, 0.15) is 13.3 Å². The lowest BCUT2D eigenvalue weighted by molar-refractivity contribution is -0.126. The Morgan fingerprint density at radius 3 is 2.57 bits per heavy atom. The highest BCUT2D eigenvalue weighted by Crippen LogP contribution is 2.31. The van der Waals surface area contributed by atoms with Crippen LogP contribution in [0.25, 0.3) is 0 Å². The monoisotopic (exact) mass is 382 g/mol. The van der Waals surface area contributed by atoms with E-state index in [2.05, 4.69) is 16.2 Å². The molecule has 3 amide bonds. The zero-order valence-electron chi connectivity index (χ0n) is 15.5. The molecule has 1 atom stereocenters. The molecule has 0 bridgehead atoms. The first-order chi connectivity index (χ1) is 13.6. The van der Waals surface area contributed by atoms with Crippen LogP contribution in [0.15, 0.2) is 54.6 Å². The molecule has 0 aromatic heterocycles. The number of ether oxygens (including phenoxy) is 1. The van der Waals surface area contributed by atoms with Gasteiger partial charge in [0.1, 0.15) is 18.3 Å². The van der Waals surface area contributed by atoms with Crippen molar-refractivity contribution >= 4 is 29.1 Å². The number of hydrogen-bond acceptors (Lipinski definition) is 5. The van der Waals surface area contributed by atoms with Gasteiger partial charge in [-0.1, -0.05) is 37.3 Å². The molecular formula is C20H22N4O4. The van der Waals surface area contributed by atoms with Crippen LogP contribution in [0, 0.1) is 0 Å². The third-order valence-corrected chi connectivity index (χ3v) is 4.26. The Kier molecular flexibility index (Phi) is 6.23. The maximum atomic E-state index is 12.4. The highest BCUT2D eigenvalue weighted by Gasteiger charge is 2.27. The molecule has 3 N–H and O–H groups in total. The SMILES string of the molecule is CC[C@@H](NNC(=O)CN1C(=O)COc2ccccc21)C(=O)Nc1ccccc1. The Morgan fingerprint density at radius 2 is 1.82 bits per heavy atom. The van der Waals surface area contributed by atoms with Crippen LogP contribution in [-0.2, 0) is 14.4 Å². The molecule has 0 saturated heterocycles. The fourth-order valence-corrected chi connectivity index (χ4v) is 2.78. The smallest absolute Gasteiger partial charge is 0.265 e. The van der Waals surface area contributed by atoms with E-state index in [1.54, 1.807) is 36.4 Å². The van der Waals surface area contributed by atoms with Crippen molar-refractivity contribution in [3.63, 3.8) is 0 Å². The zero-order chi connectivity index (χ0) is 19.9. The van der Waals surface area contributed by atoms with Gasteiger partial charge >= 0.3 is 0 Å². The third kappa shape index (κ3) is 4.66. The van der Waals surface area contributed by atoms with Gasteiger partial charge in [-0.15, -0.1) is 0 Å². The Bertz CT molecular complexity index is 856. The number of carbonyl (C=O) groups excluding carboxylic acids is 3. The second-order valence-corrected chi connectivity index (χ2v) is 6.24. The summed E-state index contributed by atoms with van der Waals surface area (Å²) in [5, 5.41) is 2.78. The van der Waals surface area contributed by atoms with Gasteiger partial charge in [0.2, 0.25) is 5.91 Å². The Hall–Kier alpha value is -3.39. The molecule has 2 aromatic rings. The van der Waals surface area contributed by atoms with Gasteiger partial charge in [0.05, 0.1) is 5.69 Å². The van der Waals surface area contributed by atoms with E-state index in [0.717, 1.165) is 0 Å². The van der Waals surface area contributed by atoms with E-state index in [0.29, 0.717) is 23.5 Å². The fourth-order valence-electron chi connectivity index (χ4n) is 2.78. The molecular weight excluding hydrogens is 360 g/mol. The Morgan fingerprint density at radius 1 is 1.11 bits per heavy atom. The van der Waals surface area contributed by atoms with Crippen molar-refractivity contribution in [2.45, 2.75) is 19.4 Å². The molecule has 0 fully saturated rings. The van der Waals surface area contributed by atoms with Crippen LogP contribution < -0.4 is 25.8 Å². The lowest BCUT2D eigenvalue weighted by atomic mass is 10.2. The van der Waals surface area contributed by atoms with E-state index in [4.69, 9.17) is 4.74 Å². The molecule has 0 spiro atoms. The average Bonchev–Trinajstić information content (AvgIpc) is 2.71. The van der Waals surface area contributed by atoms with Crippen molar-refractivity contribution in [3.05, 3.63) is 54.6 Å². The van der Waals surface area contributed by atoms with Crippen molar-refractivity contribution in [1.82, 2.24) is 10.9 Å². The van der Waals surface area contributed by atoms with E-state index in [1.807, 2.05) is 25.1 Å². The standard InChI is InChI=1S/C20H22N4O4/c1-2-15(20(27)21-14-8-4-3-5-9-14)22-23-18(25)12-24-16-10-6-7-11-17(16)28-13-19(24)26/h3-11,15,22H,2,12-13H2,1H3,(H,21,27)(H,23,25)/t15-/m1/s1. The Balaban J connectivity index is 1.56. The normalized spacial score (nSPS) is 13.9. The van der Waals surface area contributed by atoms with Crippen molar-refractivity contribution in [1.29, 1.82) is 0 Å². The van der Waals surface area contributed by atoms with Gasteiger partial charge in [-0.3, -0.25) is 24.7 Å². The van der Waals surface area contributed by atoms with Gasteiger partial charge in [-0.25, -0.2) is 5.43 Å². The third-order valence-electron chi connectivity index (χ3n) is 4.26. The maximum absolute atomic E-state index is 12.4. The highest BCUT2D eigenvalue weighted by atomic mass is 16.5. The van der Waals surface area contributed by atoms with E-state index in [-0.39, 0.29) is 25.0 Å². The van der Waals surface area contributed by atoms with Gasteiger partial charge in [-0.05, 0) is 30.7 Å². The molecule has 146 valence electrons. The minimum atomic E-state index is -0.614. The van der Waals surface area contributed by atoms with Crippen molar-refractivity contribution in [2.75, 3.05) is 23.4 Å². The van der Waals surface area contributed by atoms with Gasteiger partial charge in [-0.2, -0.15) is 0 Å². The summed E-state index contributed by atoms with van der Waals surface area (Å²) in [6.45, 7) is 1.54. The fraction of sp³-hybridized carbons (Fsp3) is 0.250. The molecule has 1 aliphatic rings. The van der Waals surface area contributed by atoms with Crippen LogP contribution in [0.4, 0.5) is 11.4 Å².